The molecule has 1 aliphatic heterocycles. The number of methoxy groups -OCH3 is 1. The molecule has 0 aliphatic carbocycles. The number of amides is 2. The lowest BCUT2D eigenvalue weighted by Crippen LogP contribution is -2.41. The summed E-state index contributed by atoms with van der Waals surface area (Å²) in [4.78, 5) is 53.8. The smallest absolute Gasteiger partial charge is 0.339 e. The van der Waals surface area contributed by atoms with Crippen molar-refractivity contribution in [3.63, 3.8) is 0 Å². The third-order valence-electron chi connectivity index (χ3n) is 4.43. The summed E-state index contributed by atoms with van der Waals surface area (Å²) in [6, 6.07) is 6.22. The molecule has 0 fully saturated rings. The second-order valence-corrected chi connectivity index (χ2v) is 5.57. The van der Waals surface area contributed by atoms with Gasteiger partial charge < -0.3 is 9.57 Å². The molecule has 1 heterocycles. The summed E-state index contributed by atoms with van der Waals surface area (Å²) in [6.45, 7) is 3.46. The van der Waals surface area contributed by atoms with Gasteiger partial charge in [0, 0.05) is 0 Å². The number of carbonyl (C=O) groups is 4. The van der Waals surface area contributed by atoms with Gasteiger partial charge in [-0.15, -0.1) is 0 Å². The third kappa shape index (κ3) is 2.89. The van der Waals surface area contributed by atoms with Gasteiger partial charge in [-0.05, 0) is 25.0 Å². The predicted octanol–water partition coefficient (Wildman–Crippen LogP) is 2.11. The molecule has 2 amide bonds. The molecule has 0 atom stereocenters. The van der Waals surface area contributed by atoms with Crippen molar-refractivity contribution in [3.05, 3.63) is 35.4 Å². The number of hydrogen-bond donors (Lipinski definition) is 0. The Morgan fingerprint density at radius 1 is 1.04 bits per heavy atom. The second kappa shape index (κ2) is 6.82. The molecule has 0 bridgehead atoms. The molecule has 1 aliphatic rings. The molecule has 1 aromatic carbocycles. The number of ether oxygens (including phenoxy) is 1. The van der Waals surface area contributed by atoms with Crippen LogP contribution in [0.5, 0.6) is 0 Å². The zero-order valence-corrected chi connectivity index (χ0v) is 13.8. The molecule has 0 saturated heterocycles. The number of hydroxylamine groups is 2. The average Bonchev–Trinajstić information content (AvgIpc) is 2.84. The van der Waals surface area contributed by atoms with Gasteiger partial charge in [-0.1, -0.05) is 31.0 Å². The Morgan fingerprint density at radius 2 is 1.54 bits per heavy atom. The first-order valence-corrected chi connectivity index (χ1v) is 7.67. The quantitative estimate of drug-likeness (QED) is 0.585. The van der Waals surface area contributed by atoms with E-state index < -0.39 is 29.2 Å². The van der Waals surface area contributed by atoms with Gasteiger partial charge in [0.15, 0.2) is 0 Å². The van der Waals surface area contributed by atoms with Crippen LogP contribution in [0.1, 0.15) is 53.8 Å². The molecule has 7 heteroatoms. The highest BCUT2D eigenvalue weighted by molar-refractivity contribution is 6.20. The van der Waals surface area contributed by atoms with Crippen LogP contribution in [0.4, 0.5) is 0 Å². The number of fused-ring (bicyclic) bond motifs is 1. The van der Waals surface area contributed by atoms with Crippen LogP contribution in [-0.4, -0.2) is 35.9 Å². The summed E-state index contributed by atoms with van der Waals surface area (Å²) in [6.07, 6.45) is 0.430. The van der Waals surface area contributed by atoms with E-state index in [4.69, 9.17) is 4.84 Å². The maximum atomic E-state index is 12.6. The van der Waals surface area contributed by atoms with Gasteiger partial charge in [0.2, 0.25) is 0 Å². The third-order valence-corrected chi connectivity index (χ3v) is 4.43. The number of hydrogen-bond acceptors (Lipinski definition) is 6. The fourth-order valence-electron chi connectivity index (χ4n) is 2.64. The Labute approximate surface area is 139 Å². The summed E-state index contributed by atoms with van der Waals surface area (Å²) >= 11 is 0. The molecule has 0 radical (unpaired) electrons. The molecule has 7 nitrogen and oxygen atoms in total. The summed E-state index contributed by atoms with van der Waals surface area (Å²) < 4.78 is 4.63. The monoisotopic (exact) mass is 333 g/mol. The molecule has 1 aromatic rings. The Morgan fingerprint density at radius 3 is 1.96 bits per heavy atom. The van der Waals surface area contributed by atoms with Crippen LogP contribution in [0.3, 0.4) is 0 Å². The Hall–Kier alpha value is -2.70. The zero-order valence-electron chi connectivity index (χ0n) is 13.8. The van der Waals surface area contributed by atoms with Crippen LogP contribution in [0.2, 0.25) is 0 Å². The molecule has 0 saturated carbocycles. The first-order chi connectivity index (χ1) is 11.4. The van der Waals surface area contributed by atoms with Gasteiger partial charge >= 0.3 is 11.9 Å². The first-order valence-electron chi connectivity index (χ1n) is 7.67. The molecular weight excluding hydrogens is 314 g/mol. The maximum Gasteiger partial charge on any atom is 0.339 e. The van der Waals surface area contributed by atoms with Gasteiger partial charge in [-0.3, -0.25) is 14.4 Å². The number of benzene rings is 1. The normalized spacial score (nSPS) is 13.7. The first kappa shape index (κ1) is 17.7. The number of nitrogens with zero attached hydrogens (tertiary/aromatic N) is 1. The summed E-state index contributed by atoms with van der Waals surface area (Å²) in [5.41, 5.74) is -0.786. The van der Waals surface area contributed by atoms with Crippen molar-refractivity contribution in [1.82, 2.24) is 5.06 Å². The Bertz CT molecular complexity index is 657. The lowest BCUT2D eigenvalue weighted by atomic mass is 9.79. The largest absolute Gasteiger partial charge is 0.469 e. The number of carbonyl (C=O) groups excluding carboxylic acids is 4. The molecule has 128 valence electrons. The van der Waals surface area contributed by atoms with Crippen LogP contribution < -0.4 is 0 Å². The maximum absolute atomic E-state index is 12.6. The van der Waals surface area contributed by atoms with Gasteiger partial charge in [0.25, 0.3) is 11.8 Å². The minimum atomic E-state index is -1.15. The summed E-state index contributed by atoms with van der Waals surface area (Å²) in [5, 5.41) is 0.463. The topological polar surface area (TPSA) is 90.0 Å². The molecule has 2 rings (SSSR count). The van der Waals surface area contributed by atoms with Gasteiger partial charge in [-0.2, -0.15) is 0 Å². The predicted molar refractivity (Wildman–Crippen MR) is 82.7 cm³/mol. The van der Waals surface area contributed by atoms with Crippen molar-refractivity contribution in [1.29, 1.82) is 0 Å². The minimum Gasteiger partial charge on any atom is -0.469 e. The van der Waals surface area contributed by atoms with E-state index in [1.54, 1.807) is 26.0 Å². The highest BCUT2D eigenvalue weighted by Gasteiger charge is 2.45. The molecule has 0 N–H and O–H groups in total. The standard InChI is InChI=1S/C17H19NO6/c1-4-17(5-2,10-13(19)23-3)16(22)24-18-14(20)11-8-6-7-9-12(11)15(18)21/h6-9H,4-5,10H2,1-3H3. The van der Waals surface area contributed by atoms with E-state index in [2.05, 4.69) is 4.74 Å². The average molecular weight is 333 g/mol. The van der Waals surface area contributed by atoms with Crippen molar-refractivity contribution < 1.29 is 28.8 Å². The molecule has 0 unspecified atom stereocenters. The van der Waals surface area contributed by atoms with Crippen LogP contribution in [0, 0.1) is 5.41 Å². The van der Waals surface area contributed by atoms with E-state index in [-0.39, 0.29) is 17.5 Å². The van der Waals surface area contributed by atoms with Crippen LogP contribution in [0.25, 0.3) is 0 Å². The summed E-state index contributed by atoms with van der Waals surface area (Å²) in [5.74, 6) is -2.74. The van der Waals surface area contributed by atoms with E-state index in [1.807, 2.05) is 0 Å². The van der Waals surface area contributed by atoms with E-state index in [9.17, 15) is 19.2 Å². The SMILES string of the molecule is CCC(CC)(CC(=O)OC)C(=O)ON1C(=O)c2ccccc2C1=O. The number of imide groups is 1. The zero-order chi connectivity index (χ0) is 17.9. The second-order valence-electron chi connectivity index (χ2n) is 5.57. The highest BCUT2D eigenvalue weighted by Crippen LogP contribution is 2.34. The fourth-order valence-corrected chi connectivity index (χ4v) is 2.64. The van der Waals surface area contributed by atoms with Gasteiger partial charge in [0.05, 0.1) is 30.1 Å². The van der Waals surface area contributed by atoms with Crippen molar-refractivity contribution in [3.8, 4) is 0 Å². The fraction of sp³-hybridized carbons (Fsp3) is 0.412. The van der Waals surface area contributed by atoms with E-state index in [0.717, 1.165) is 0 Å². The lowest BCUT2D eigenvalue weighted by Gasteiger charge is -2.28. The number of rotatable bonds is 6. The van der Waals surface area contributed by atoms with Crippen molar-refractivity contribution in [2.24, 2.45) is 5.41 Å². The Kier molecular flexibility index (Phi) is 5.02. The number of esters is 1. The highest BCUT2D eigenvalue weighted by atomic mass is 16.7. The van der Waals surface area contributed by atoms with Crippen LogP contribution in [-0.2, 0) is 19.2 Å². The van der Waals surface area contributed by atoms with E-state index in [1.165, 1.54) is 19.2 Å². The van der Waals surface area contributed by atoms with Crippen molar-refractivity contribution in [2.75, 3.05) is 7.11 Å². The molecule has 0 aromatic heterocycles. The van der Waals surface area contributed by atoms with Gasteiger partial charge in [-0.25, -0.2) is 4.79 Å². The van der Waals surface area contributed by atoms with Crippen molar-refractivity contribution >= 4 is 23.8 Å². The van der Waals surface area contributed by atoms with E-state index >= 15 is 0 Å². The Balaban J connectivity index is 2.24. The molecular formula is C17H19NO6. The lowest BCUT2D eigenvalue weighted by molar-refractivity contribution is -0.184. The summed E-state index contributed by atoms with van der Waals surface area (Å²) in [7, 11) is 1.23. The molecule has 24 heavy (non-hydrogen) atoms. The van der Waals surface area contributed by atoms with Crippen LogP contribution in [0.15, 0.2) is 24.3 Å². The van der Waals surface area contributed by atoms with Crippen molar-refractivity contribution in [2.45, 2.75) is 33.1 Å². The molecule has 0 spiro atoms. The van der Waals surface area contributed by atoms with Gasteiger partial charge in [0.1, 0.15) is 0 Å². The minimum absolute atomic E-state index is 0.182. The van der Waals surface area contributed by atoms with E-state index in [0.29, 0.717) is 17.9 Å². The van der Waals surface area contributed by atoms with Crippen LogP contribution >= 0.6 is 0 Å².